The largest absolute Gasteiger partial charge is 0.384 e. The molecule has 0 unspecified atom stereocenters. The first-order valence-corrected chi connectivity index (χ1v) is 5.18. The lowest BCUT2D eigenvalue weighted by Gasteiger charge is -2.05. The minimum atomic E-state index is 0.520. The lowest BCUT2D eigenvalue weighted by Crippen LogP contribution is -2.08. The number of nitrogen functional groups attached to an aromatic ring is 1. The summed E-state index contributed by atoms with van der Waals surface area (Å²) in [6, 6.07) is 3.65. The Balaban J connectivity index is 2.01. The first-order chi connectivity index (χ1) is 7.83. The van der Waals surface area contributed by atoms with Crippen molar-refractivity contribution in [1.82, 2.24) is 4.98 Å². The van der Waals surface area contributed by atoms with E-state index in [1.54, 1.807) is 19.4 Å². The minimum Gasteiger partial charge on any atom is -0.384 e. The van der Waals surface area contributed by atoms with Crippen LogP contribution in [0.3, 0.4) is 0 Å². The van der Waals surface area contributed by atoms with Crippen LogP contribution >= 0.6 is 0 Å². The summed E-state index contributed by atoms with van der Waals surface area (Å²) >= 11 is 0. The van der Waals surface area contributed by atoms with Crippen molar-refractivity contribution in [1.29, 1.82) is 0 Å². The molecule has 0 fully saturated rings. The first kappa shape index (κ1) is 12.9. The zero-order valence-corrected chi connectivity index (χ0v) is 9.52. The van der Waals surface area contributed by atoms with Crippen LogP contribution < -0.4 is 5.73 Å². The second-order valence-corrected chi connectivity index (χ2v) is 3.25. The Morgan fingerprint density at radius 2 is 1.88 bits per heavy atom. The molecule has 5 heteroatoms. The van der Waals surface area contributed by atoms with Gasteiger partial charge in [-0.1, -0.05) is 6.07 Å². The number of aromatic nitrogens is 1. The summed E-state index contributed by atoms with van der Waals surface area (Å²) in [5, 5.41) is 0. The molecule has 0 aliphatic heterocycles. The predicted molar refractivity (Wildman–Crippen MR) is 61.0 cm³/mol. The van der Waals surface area contributed by atoms with Crippen molar-refractivity contribution < 1.29 is 14.2 Å². The fourth-order valence-corrected chi connectivity index (χ4v) is 1.07. The highest BCUT2D eigenvalue weighted by Gasteiger charge is 1.94. The van der Waals surface area contributed by atoms with Gasteiger partial charge in [0.25, 0.3) is 0 Å². The van der Waals surface area contributed by atoms with E-state index in [0.29, 0.717) is 38.9 Å². The first-order valence-electron chi connectivity index (χ1n) is 5.18. The van der Waals surface area contributed by atoms with Crippen molar-refractivity contribution in [3.63, 3.8) is 0 Å². The summed E-state index contributed by atoms with van der Waals surface area (Å²) in [6.45, 7) is 2.88. The van der Waals surface area contributed by atoms with E-state index in [-0.39, 0.29) is 0 Å². The van der Waals surface area contributed by atoms with Crippen LogP contribution in [0, 0.1) is 0 Å². The Hall–Kier alpha value is -1.17. The second kappa shape index (κ2) is 8.04. The monoisotopic (exact) mass is 226 g/mol. The van der Waals surface area contributed by atoms with E-state index < -0.39 is 0 Å². The van der Waals surface area contributed by atoms with Gasteiger partial charge in [0.1, 0.15) is 5.82 Å². The lowest BCUT2D eigenvalue weighted by molar-refractivity contribution is 0.0199. The van der Waals surface area contributed by atoms with Crippen LogP contribution in [0.2, 0.25) is 0 Å². The van der Waals surface area contributed by atoms with Gasteiger partial charge >= 0.3 is 0 Å². The van der Waals surface area contributed by atoms with Gasteiger partial charge in [0.05, 0.1) is 33.0 Å². The Bertz CT molecular complexity index is 277. The van der Waals surface area contributed by atoms with Crippen molar-refractivity contribution in [2.45, 2.75) is 6.61 Å². The summed E-state index contributed by atoms with van der Waals surface area (Å²) in [5.74, 6) is 0.520. The molecule has 0 aliphatic rings. The van der Waals surface area contributed by atoms with Gasteiger partial charge in [-0.2, -0.15) is 0 Å². The zero-order valence-electron chi connectivity index (χ0n) is 9.52. The van der Waals surface area contributed by atoms with E-state index in [1.165, 1.54) is 0 Å². The maximum absolute atomic E-state index is 5.47. The van der Waals surface area contributed by atoms with E-state index >= 15 is 0 Å². The fourth-order valence-electron chi connectivity index (χ4n) is 1.07. The van der Waals surface area contributed by atoms with E-state index in [1.807, 2.05) is 6.07 Å². The van der Waals surface area contributed by atoms with Gasteiger partial charge in [-0.05, 0) is 11.6 Å². The number of ether oxygens (including phenoxy) is 3. The molecule has 0 atom stereocenters. The van der Waals surface area contributed by atoms with Crippen LogP contribution in [0.5, 0.6) is 0 Å². The molecule has 0 radical (unpaired) electrons. The molecule has 90 valence electrons. The van der Waals surface area contributed by atoms with E-state index in [4.69, 9.17) is 19.9 Å². The maximum Gasteiger partial charge on any atom is 0.123 e. The molecular weight excluding hydrogens is 208 g/mol. The second-order valence-electron chi connectivity index (χ2n) is 3.25. The summed E-state index contributed by atoms with van der Waals surface area (Å²) < 4.78 is 15.5. The molecule has 0 saturated heterocycles. The molecule has 0 saturated carbocycles. The molecule has 16 heavy (non-hydrogen) atoms. The number of nitrogens with two attached hydrogens (primary N) is 1. The Morgan fingerprint density at radius 3 is 2.56 bits per heavy atom. The number of methoxy groups -OCH3 is 1. The van der Waals surface area contributed by atoms with E-state index in [9.17, 15) is 0 Å². The van der Waals surface area contributed by atoms with Gasteiger partial charge in [-0.15, -0.1) is 0 Å². The van der Waals surface area contributed by atoms with Crippen molar-refractivity contribution in [2.75, 3.05) is 39.3 Å². The fraction of sp³-hybridized carbons (Fsp3) is 0.545. The Labute approximate surface area is 95.5 Å². The van der Waals surface area contributed by atoms with E-state index in [0.717, 1.165) is 5.56 Å². The molecule has 1 rings (SSSR count). The molecule has 1 heterocycles. The highest BCUT2D eigenvalue weighted by Crippen LogP contribution is 2.02. The SMILES string of the molecule is COCCOCCOCc1ccc(N)nc1. The van der Waals surface area contributed by atoms with Gasteiger partial charge in [0.2, 0.25) is 0 Å². The summed E-state index contributed by atoms with van der Waals surface area (Å²) in [5.41, 5.74) is 6.47. The number of nitrogens with zero attached hydrogens (tertiary/aromatic N) is 1. The number of anilines is 1. The molecule has 5 nitrogen and oxygen atoms in total. The quantitative estimate of drug-likeness (QED) is 0.665. The molecule has 0 amide bonds. The average molecular weight is 226 g/mol. The number of hydrogen-bond donors (Lipinski definition) is 1. The molecular formula is C11H18N2O3. The van der Waals surface area contributed by atoms with Gasteiger partial charge in [0, 0.05) is 13.3 Å². The molecule has 0 bridgehead atoms. The highest BCUT2D eigenvalue weighted by molar-refractivity contribution is 5.28. The number of rotatable bonds is 8. The van der Waals surface area contributed by atoms with Crippen molar-refractivity contribution in [2.24, 2.45) is 0 Å². The van der Waals surface area contributed by atoms with Gasteiger partial charge in [0.15, 0.2) is 0 Å². The summed E-state index contributed by atoms with van der Waals surface area (Å²) in [7, 11) is 1.65. The van der Waals surface area contributed by atoms with Crippen LogP contribution in [-0.4, -0.2) is 38.5 Å². The third-order valence-electron chi connectivity index (χ3n) is 1.92. The number of hydrogen-bond acceptors (Lipinski definition) is 5. The van der Waals surface area contributed by atoms with Gasteiger partial charge in [-0.25, -0.2) is 4.98 Å². The normalized spacial score (nSPS) is 10.6. The topological polar surface area (TPSA) is 66.6 Å². The molecule has 1 aromatic rings. The maximum atomic E-state index is 5.47. The van der Waals surface area contributed by atoms with E-state index in [2.05, 4.69) is 4.98 Å². The molecule has 0 spiro atoms. The zero-order chi connectivity index (χ0) is 11.6. The molecule has 0 aromatic carbocycles. The third kappa shape index (κ3) is 5.65. The molecule has 2 N–H and O–H groups in total. The van der Waals surface area contributed by atoms with Crippen molar-refractivity contribution in [3.05, 3.63) is 23.9 Å². The van der Waals surface area contributed by atoms with Crippen LogP contribution in [-0.2, 0) is 20.8 Å². The molecule has 1 aromatic heterocycles. The van der Waals surface area contributed by atoms with Crippen molar-refractivity contribution in [3.8, 4) is 0 Å². The number of pyridine rings is 1. The summed E-state index contributed by atoms with van der Waals surface area (Å²) in [6.07, 6.45) is 1.71. The third-order valence-corrected chi connectivity index (χ3v) is 1.92. The Morgan fingerprint density at radius 1 is 1.12 bits per heavy atom. The average Bonchev–Trinajstić information content (AvgIpc) is 2.30. The van der Waals surface area contributed by atoms with Crippen molar-refractivity contribution >= 4 is 5.82 Å². The smallest absolute Gasteiger partial charge is 0.123 e. The minimum absolute atomic E-state index is 0.520. The van der Waals surface area contributed by atoms with Crippen LogP contribution in [0.25, 0.3) is 0 Å². The van der Waals surface area contributed by atoms with Gasteiger partial charge < -0.3 is 19.9 Å². The van der Waals surface area contributed by atoms with Crippen LogP contribution in [0.15, 0.2) is 18.3 Å². The van der Waals surface area contributed by atoms with Crippen LogP contribution in [0.4, 0.5) is 5.82 Å². The predicted octanol–water partition coefficient (Wildman–Crippen LogP) is 0.843. The highest BCUT2D eigenvalue weighted by atomic mass is 16.5. The van der Waals surface area contributed by atoms with Crippen LogP contribution in [0.1, 0.15) is 5.56 Å². The Kier molecular flexibility index (Phi) is 6.48. The van der Waals surface area contributed by atoms with Gasteiger partial charge in [-0.3, -0.25) is 0 Å². The molecule has 0 aliphatic carbocycles. The summed E-state index contributed by atoms with van der Waals surface area (Å²) in [4.78, 5) is 3.97. The lowest BCUT2D eigenvalue weighted by atomic mass is 10.3. The standard InChI is InChI=1S/C11H18N2O3/c1-14-4-5-15-6-7-16-9-10-2-3-11(12)13-8-10/h2-3,8H,4-7,9H2,1H3,(H2,12,13).